The lowest BCUT2D eigenvalue weighted by Gasteiger charge is -2.23. The molecular weight excluding hydrogens is 335 g/mol. The van der Waals surface area contributed by atoms with Gasteiger partial charge in [0, 0.05) is 18.7 Å². The van der Waals surface area contributed by atoms with Gasteiger partial charge in [-0.25, -0.2) is 9.07 Å². The second-order valence-electron chi connectivity index (χ2n) is 7.09. The van der Waals surface area contributed by atoms with Crippen molar-refractivity contribution < 1.29 is 8.81 Å². The number of aromatic nitrogens is 3. The Kier molecular flexibility index (Phi) is 3.55. The van der Waals surface area contributed by atoms with E-state index < -0.39 is 0 Å². The van der Waals surface area contributed by atoms with Gasteiger partial charge in [0.2, 0.25) is 0 Å². The SMILES string of the molecule is O=c1cc2c(nn1CC1CCCN1c1nc3ccc(F)cc3o1)CCC2. The number of benzene rings is 1. The third-order valence-electron chi connectivity index (χ3n) is 5.37. The number of hydrogen-bond donors (Lipinski definition) is 0. The summed E-state index contributed by atoms with van der Waals surface area (Å²) in [6, 6.07) is 6.67. The molecule has 1 unspecified atom stereocenters. The third-order valence-corrected chi connectivity index (χ3v) is 5.37. The summed E-state index contributed by atoms with van der Waals surface area (Å²) in [4.78, 5) is 19.0. The molecule has 0 N–H and O–H groups in total. The van der Waals surface area contributed by atoms with Crippen LogP contribution in [-0.4, -0.2) is 27.4 Å². The van der Waals surface area contributed by atoms with E-state index in [2.05, 4.69) is 15.0 Å². The predicted octanol–water partition coefficient (Wildman–Crippen LogP) is 2.68. The molecule has 0 bridgehead atoms. The number of anilines is 1. The summed E-state index contributed by atoms with van der Waals surface area (Å²) in [5.41, 5.74) is 3.18. The average molecular weight is 354 g/mol. The number of oxazole rings is 1. The van der Waals surface area contributed by atoms with Crippen molar-refractivity contribution in [3.8, 4) is 0 Å². The van der Waals surface area contributed by atoms with Crippen LogP contribution in [0.25, 0.3) is 11.1 Å². The summed E-state index contributed by atoms with van der Waals surface area (Å²) in [6.45, 7) is 1.32. The van der Waals surface area contributed by atoms with Gasteiger partial charge < -0.3 is 9.32 Å². The normalized spacial score (nSPS) is 19.4. The molecule has 0 radical (unpaired) electrons. The van der Waals surface area contributed by atoms with Crippen molar-refractivity contribution in [3.05, 3.63) is 51.7 Å². The minimum absolute atomic E-state index is 0.0443. The first-order valence-electron chi connectivity index (χ1n) is 9.10. The number of hydrogen-bond acceptors (Lipinski definition) is 5. The molecule has 26 heavy (non-hydrogen) atoms. The molecule has 1 saturated heterocycles. The molecule has 134 valence electrons. The molecule has 1 aliphatic heterocycles. The zero-order valence-electron chi connectivity index (χ0n) is 14.3. The van der Waals surface area contributed by atoms with Gasteiger partial charge in [-0.1, -0.05) is 0 Å². The number of halogens is 1. The minimum atomic E-state index is -0.341. The van der Waals surface area contributed by atoms with Crippen LogP contribution in [0.4, 0.5) is 10.4 Å². The van der Waals surface area contributed by atoms with Crippen LogP contribution in [0.1, 0.15) is 30.5 Å². The smallest absolute Gasteiger partial charge is 0.298 e. The molecule has 1 atom stereocenters. The van der Waals surface area contributed by atoms with E-state index in [1.165, 1.54) is 12.1 Å². The van der Waals surface area contributed by atoms with Crippen LogP contribution in [0.5, 0.6) is 0 Å². The van der Waals surface area contributed by atoms with Gasteiger partial charge in [0.15, 0.2) is 5.58 Å². The Morgan fingerprint density at radius 1 is 1.23 bits per heavy atom. The maximum atomic E-state index is 13.4. The van der Waals surface area contributed by atoms with E-state index in [-0.39, 0.29) is 17.4 Å². The van der Waals surface area contributed by atoms with Crippen LogP contribution in [-0.2, 0) is 19.4 Å². The Balaban J connectivity index is 1.44. The Hall–Kier alpha value is -2.70. The quantitative estimate of drug-likeness (QED) is 0.724. The molecule has 1 aliphatic carbocycles. The summed E-state index contributed by atoms with van der Waals surface area (Å²) in [6.07, 6.45) is 4.91. The van der Waals surface area contributed by atoms with Crippen LogP contribution < -0.4 is 10.5 Å². The van der Waals surface area contributed by atoms with Crippen LogP contribution in [0.3, 0.4) is 0 Å². The highest BCUT2D eigenvalue weighted by Gasteiger charge is 2.29. The zero-order valence-corrected chi connectivity index (χ0v) is 14.3. The molecule has 5 rings (SSSR count). The lowest BCUT2D eigenvalue weighted by atomic mass is 10.2. The maximum Gasteiger partial charge on any atom is 0.298 e. The van der Waals surface area contributed by atoms with Gasteiger partial charge in [0.1, 0.15) is 11.3 Å². The first-order chi connectivity index (χ1) is 12.7. The average Bonchev–Trinajstić information content (AvgIpc) is 3.33. The molecule has 3 aromatic rings. The molecule has 1 fully saturated rings. The molecule has 0 spiro atoms. The Morgan fingerprint density at radius 2 is 2.15 bits per heavy atom. The van der Waals surface area contributed by atoms with Crippen molar-refractivity contribution >= 4 is 17.1 Å². The first kappa shape index (κ1) is 15.5. The topological polar surface area (TPSA) is 64.2 Å². The second kappa shape index (κ2) is 5.93. The van der Waals surface area contributed by atoms with E-state index in [1.807, 2.05) is 0 Å². The second-order valence-corrected chi connectivity index (χ2v) is 7.09. The largest absolute Gasteiger partial charge is 0.423 e. The molecule has 7 heteroatoms. The van der Waals surface area contributed by atoms with E-state index in [4.69, 9.17) is 4.42 Å². The van der Waals surface area contributed by atoms with Crippen LogP contribution >= 0.6 is 0 Å². The summed E-state index contributed by atoms with van der Waals surface area (Å²) < 4.78 is 20.7. The lowest BCUT2D eigenvalue weighted by Crippen LogP contribution is -2.37. The van der Waals surface area contributed by atoms with Gasteiger partial charge in [-0.2, -0.15) is 10.1 Å². The van der Waals surface area contributed by atoms with E-state index in [9.17, 15) is 9.18 Å². The van der Waals surface area contributed by atoms with Crippen LogP contribution in [0, 0.1) is 5.82 Å². The highest BCUT2D eigenvalue weighted by Crippen LogP contribution is 2.29. The fourth-order valence-electron chi connectivity index (χ4n) is 4.06. The minimum Gasteiger partial charge on any atom is -0.423 e. The summed E-state index contributed by atoms with van der Waals surface area (Å²) in [5, 5.41) is 4.58. The van der Waals surface area contributed by atoms with E-state index >= 15 is 0 Å². The molecule has 6 nitrogen and oxygen atoms in total. The van der Waals surface area contributed by atoms with E-state index in [1.54, 1.807) is 16.8 Å². The number of aryl methyl sites for hydroxylation is 2. The Labute approximate surface area is 149 Å². The summed E-state index contributed by atoms with van der Waals surface area (Å²) >= 11 is 0. The molecule has 0 saturated carbocycles. The van der Waals surface area contributed by atoms with Gasteiger partial charge in [0.25, 0.3) is 11.6 Å². The van der Waals surface area contributed by atoms with Crippen LogP contribution in [0.2, 0.25) is 0 Å². The number of nitrogens with zero attached hydrogens (tertiary/aromatic N) is 4. The summed E-state index contributed by atoms with van der Waals surface area (Å²) in [5.74, 6) is -0.341. The van der Waals surface area contributed by atoms with Gasteiger partial charge >= 0.3 is 0 Å². The molecule has 2 aromatic heterocycles. The third kappa shape index (κ3) is 2.58. The monoisotopic (exact) mass is 354 g/mol. The highest BCUT2D eigenvalue weighted by atomic mass is 19.1. The van der Waals surface area contributed by atoms with Gasteiger partial charge in [-0.3, -0.25) is 4.79 Å². The lowest BCUT2D eigenvalue weighted by molar-refractivity contribution is 0.461. The van der Waals surface area contributed by atoms with Gasteiger partial charge in [0.05, 0.1) is 18.3 Å². The van der Waals surface area contributed by atoms with Crippen molar-refractivity contribution in [1.29, 1.82) is 0 Å². The number of fused-ring (bicyclic) bond motifs is 2. The van der Waals surface area contributed by atoms with Crippen molar-refractivity contribution in [1.82, 2.24) is 14.8 Å². The molecule has 2 aliphatic rings. The fraction of sp³-hybridized carbons (Fsp3) is 0.421. The fourth-order valence-corrected chi connectivity index (χ4v) is 4.06. The first-order valence-corrected chi connectivity index (χ1v) is 9.10. The van der Waals surface area contributed by atoms with Crippen molar-refractivity contribution in [3.63, 3.8) is 0 Å². The number of rotatable bonds is 3. The molecular formula is C19H19FN4O2. The summed E-state index contributed by atoms with van der Waals surface area (Å²) in [7, 11) is 0. The standard InChI is InChI=1S/C19H19FN4O2/c20-13-6-7-16-17(10-13)26-19(21-16)23-8-2-4-14(23)11-24-18(25)9-12-3-1-5-15(12)22-24/h6-7,9-10,14H,1-5,8,11H2. The molecule has 1 aromatic carbocycles. The molecule has 3 heterocycles. The van der Waals surface area contributed by atoms with Crippen molar-refractivity contribution in [2.45, 2.75) is 44.7 Å². The highest BCUT2D eigenvalue weighted by molar-refractivity contribution is 5.74. The molecule has 0 amide bonds. The predicted molar refractivity (Wildman–Crippen MR) is 94.9 cm³/mol. The zero-order chi connectivity index (χ0) is 17.7. The van der Waals surface area contributed by atoms with Crippen molar-refractivity contribution in [2.24, 2.45) is 0 Å². The van der Waals surface area contributed by atoms with Gasteiger partial charge in [-0.15, -0.1) is 0 Å². The van der Waals surface area contributed by atoms with E-state index in [0.29, 0.717) is 23.7 Å². The van der Waals surface area contributed by atoms with Crippen LogP contribution in [0.15, 0.2) is 33.5 Å². The van der Waals surface area contributed by atoms with Crippen molar-refractivity contribution in [2.75, 3.05) is 11.4 Å². The van der Waals surface area contributed by atoms with E-state index in [0.717, 1.165) is 49.9 Å². The maximum absolute atomic E-state index is 13.4. The Bertz CT molecular complexity index is 1040. The Morgan fingerprint density at radius 3 is 3.08 bits per heavy atom. The van der Waals surface area contributed by atoms with Gasteiger partial charge in [-0.05, 0) is 49.8 Å².